The van der Waals surface area contributed by atoms with Crippen molar-refractivity contribution in [2.24, 2.45) is 0 Å². The maximum absolute atomic E-state index is 11.8. The molecule has 1 aromatic carbocycles. The summed E-state index contributed by atoms with van der Waals surface area (Å²) in [4.78, 5) is 30.5. The molecule has 6 heteroatoms. The Labute approximate surface area is 121 Å². The molecule has 0 aliphatic heterocycles. The minimum Gasteiger partial charge on any atom is -0.478 e. The molecule has 0 fully saturated rings. The van der Waals surface area contributed by atoms with E-state index in [9.17, 15) is 9.59 Å². The summed E-state index contributed by atoms with van der Waals surface area (Å²) in [6, 6.07) is 6.57. The van der Waals surface area contributed by atoms with Gasteiger partial charge in [0.25, 0.3) is 5.91 Å². The lowest BCUT2D eigenvalue weighted by molar-refractivity contribution is 0.0696. The van der Waals surface area contributed by atoms with Crippen LogP contribution in [0.1, 0.15) is 32.1 Å². The second-order valence-electron chi connectivity index (χ2n) is 4.55. The topological polar surface area (TPSA) is 92.2 Å². The summed E-state index contributed by atoms with van der Waals surface area (Å²) in [6.45, 7) is 2.25. The van der Waals surface area contributed by atoms with Crippen LogP contribution in [0.3, 0.4) is 0 Å². The fraction of sp³-hybridized carbons (Fsp3) is 0.200. The highest BCUT2D eigenvalue weighted by Crippen LogP contribution is 2.05. The third kappa shape index (κ3) is 4.10. The Kier molecular flexibility index (Phi) is 4.61. The number of aromatic carboxylic acids is 1. The molecule has 2 rings (SSSR count). The number of rotatable bonds is 5. The van der Waals surface area contributed by atoms with E-state index in [-0.39, 0.29) is 17.2 Å². The summed E-state index contributed by atoms with van der Waals surface area (Å²) in [5.74, 6) is -1.22. The van der Waals surface area contributed by atoms with E-state index >= 15 is 0 Å². The summed E-state index contributed by atoms with van der Waals surface area (Å²) >= 11 is 0. The molecule has 0 saturated heterocycles. The van der Waals surface area contributed by atoms with Gasteiger partial charge in [-0.05, 0) is 31.0 Å². The second kappa shape index (κ2) is 6.60. The van der Waals surface area contributed by atoms with Crippen molar-refractivity contribution in [2.45, 2.75) is 13.3 Å². The van der Waals surface area contributed by atoms with Crippen LogP contribution in [0.15, 0.2) is 36.7 Å². The molecule has 0 unspecified atom stereocenters. The van der Waals surface area contributed by atoms with Crippen molar-refractivity contribution in [1.29, 1.82) is 0 Å². The van der Waals surface area contributed by atoms with Crippen molar-refractivity contribution >= 4 is 11.9 Å². The van der Waals surface area contributed by atoms with Gasteiger partial charge in [-0.3, -0.25) is 9.78 Å². The van der Waals surface area contributed by atoms with Gasteiger partial charge < -0.3 is 10.4 Å². The molecule has 108 valence electrons. The van der Waals surface area contributed by atoms with E-state index in [1.54, 1.807) is 37.4 Å². The molecule has 2 aromatic rings. The number of aryl methyl sites for hydroxylation is 1. The molecule has 1 aromatic heterocycles. The van der Waals surface area contributed by atoms with E-state index in [1.807, 2.05) is 0 Å². The number of benzene rings is 1. The number of nitrogens with zero attached hydrogens (tertiary/aromatic N) is 2. The van der Waals surface area contributed by atoms with Crippen LogP contribution in [0.4, 0.5) is 0 Å². The van der Waals surface area contributed by atoms with Crippen LogP contribution in [-0.4, -0.2) is 33.5 Å². The molecule has 0 aliphatic carbocycles. The maximum atomic E-state index is 11.8. The van der Waals surface area contributed by atoms with Crippen molar-refractivity contribution in [3.05, 3.63) is 59.2 Å². The molecule has 6 nitrogen and oxygen atoms in total. The molecule has 0 atom stereocenters. The first-order valence-electron chi connectivity index (χ1n) is 6.45. The predicted octanol–water partition coefficient (Wildman–Crippen LogP) is 1.46. The SMILES string of the molecule is Cc1cnc(C(=O)NCCc2ccc(C(=O)O)cc2)cn1. The third-order valence-electron chi connectivity index (χ3n) is 2.91. The number of amides is 1. The number of carbonyl (C=O) groups excluding carboxylic acids is 1. The second-order valence-corrected chi connectivity index (χ2v) is 4.55. The molecule has 2 N–H and O–H groups in total. The lowest BCUT2D eigenvalue weighted by Gasteiger charge is -2.05. The summed E-state index contributed by atoms with van der Waals surface area (Å²) < 4.78 is 0. The summed E-state index contributed by atoms with van der Waals surface area (Å²) in [7, 11) is 0. The van der Waals surface area contributed by atoms with Crippen molar-refractivity contribution in [3.63, 3.8) is 0 Å². The quantitative estimate of drug-likeness (QED) is 0.867. The number of carboxylic acids is 1. The van der Waals surface area contributed by atoms with Gasteiger partial charge in [0.15, 0.2) is 0 Å². The van der Waals surface area contributed by atoms with Crippen molar-refractivity contribution in [1.82, 2.24) is 15.3 Å². The molecule has 0 radical (unpaired) electrons. The molecule has 0 aliphatic rings. The molecule has 0 bridgehead atoms. The van der Waals surface area contributed by atoms with Crippen molar-refractivity contribution < 1.29 is 14.7 Å². The number of carbonyl (C=O) groups is 2. The molecular formula is C15H15N3O3. The Morgan fingerprint density at radius 1 is 1.14 bits per heavy atom. The van der Waals surface area contributed by atoms with Gasteiger partial charge in [-0.2, -0.15) is 0 Å². The molecule has 0 saturated carbocycles. The first-order valence-corrected chi connectivity index (χ1v) is 6.45. The zero-order valence-corrected chi connectivity index (χ0v) is 11.5. The maximum Gasteiger partial charge on any atom is 0.335 e. The van der Waals surface area contributed by atoms with Crippen LogP contribution in [0, 0.1) is 6.92 Å². The monoisotopic (exact) mass is 285 g/mol. The average molecular weight is 285 g/mol. The third-order valence-corrected chi connectivity index (χ3v) is 2.91. The van der Waals surface area contributed by atoms with Gasteiger partial charge in [-0.15, -0.1) is 0 Å². The van der Waals surface area contributed by atoms with Gasteiger partial charge in [-0.1, -0.05) is 12.1 Å². The lowest BCUT2D eigenvalue weighted by atomic mass is 10.1. The Morgan fingerprint density at radius 3 is 2.43 bits per heavy atom. The molecule has 1 heterocycles. The zero-order chi connectivity index (χ0) is 15.2. The lowest BCUT2D eigenvalue weighted by Crippen LogP contribution is -2.26. The van der Waals surface area contributed by atoms with E-state index in [1.165, 1.54) is 6.20 Å². The fourth-order valence-electron chi connectivity index (χ4n) is 1.73. The molecule has 1 amide bonds. The van der Waals surface area contributed by atoms with Crippen LogP contribution in [0.2, 0.25) is 0 Å². The Hall–Kier alpha value is -2.76. The zero-order valence-electron chi connectivity index (χ0n) is 11.5. The normalized spacial score (nSPS) is 10.1. The van der Waals surface area contributed by atoms with E-state index in [0.717, 1.165) is 11.3 Å². The van der Waals surface area contributed by atoms with Crippen molar-refractivity contribution in [2.75, 3.05) is 6.54 Å². The largest absolute Gasteiger partial charge is 0.478 e. The number of carboxylic acid groups (broad SMARTS) is 1. The smallest absolute Gasteiger partial charge is 0.335 e. The Morgan fingerprint density at radius 2 is 1.86 bits per heavy atom. The minimum atomic E-state index is -0.951. The van der Waals surface area contributed by atoms with Crippen molar-refractivity contribution in [3.8, 4) is 0 Å². The first-order chi connectivity index (χ1) is 10.1. The predicted molar refractivity (Wildman–Crippen MR) is 76.2 cm³/mol. The van der Waals surface area contributed by atoms with Crippen LogP contribution in [0.5, 0.6) is 0 Å². The van der Waals surface area contributed by atoms with Gasteiger partial charge in [0.1, 0.15) is 5.69 Å². The Bertz CT molecular complexity index is 636. The van der Waals surface area contributed by atoms with E-state index in [2.05, 4.69) is 15.3 Å². The molecule has 21 heavy (non-hydrogen) atoms. The van der Waals surface area contributed by atoms with Crippen LogP contribution >= 0.6 is 0 Å². The average Bonchev–Trinajstić information content (AvgIpc) is 2.48. The number of aromatic nitrogens is 2. The van der Waals surface area contributed by atoms with Gasteiger partial charge in [-0.25, -0.2) is 9.78 Å². The summed E-state index contributed by atoms with van der Waals surface area (Å²) in [5, 5.41) is 11.5. The molecular weight excluding hydrogens is 270 g/mol. The highest BCUT2D eigenvalue weighted by Gasteiger charge is 2.07. The van der Waals surface area contributed by atoms with Crippen LogP contribution in [-0.2, 0) is 6.42 Å². The minimum absolute atomic E-state index is 0.248. The van der Waals surface area contributed by atoms with Gasteiger partial charge in [0.2, 0.25) is 0 Å². The summed E-state index contributed by atoms with van der Waals surface area (Å²) in [6.07, 6.45) is 3.59. The van der Waals surface area contributed by atoms with E-state index < -0.39 is 5.97 Å². The number of nitrogens with one attached hydrogen (secondary N) is 1. The summed E-state index contributed by atoms with van der Waals surface area (Å²) in [5.41, 5.74) is 2.24. The highest BCUT2D eigenvalue weighted by atomic mass is 16.4. The fourth-order valence-corrected chi connectivity index (χ4v) is 1.73. The standard InChI is InChI=1S/C15H15N3O3/c1-10-8-18-13(9-17-10)14(19)16-7-6-11-2-4-12(5-3-11)15(20)21/h2-5,8-9H,6-7H2,1H3,(H,16,19)(H,20,21). The molecule has 0 spiro atoms. The highest BCUT2D eigenvalue weighted by molar-refractivity contribution is 5.91. The number of hydrogen-bond donors (Lipinski definition) is 2. The van der Waals surface area contributed by atoms with E-state index in [4.69, 9.17) is 5.11 Å². The van der Waals surface area contributed by atoms with Crippen LogP contribution < -0.4 is 5.32 Å². The van der Waals surface area contributed by atoms with Gasteiger partial charge >= 0.3 is 5.97 Å². The Balaban J connectivity index is 1.85. The van der Waals surface area contributed by atoms with Crippen LogP contribution in [0.25, 0.3) is 0 Å². The first kappa shape index (κ1) is 14.6. The number of hydrogen-bond acceptors (Lipinski definition) is 4. The van der Waals surface area contributed by atoms with E-state index in [0.29, 0.717) is 13.0 Å². The van der Waals surface area contributed by atoms with Gasteiger partial charge in [0, 0.05) is 12.7 Å². The van der Waals surface area contributed by atoms with Gasteiger partial charge in [0.05, 0.1) is 17.5 Å².